The summed E-state index contributed by atoms with van der Waals surface area (Å²) >= 11 is 1.75. The molecule has 2 aromatic carbocycles. The molecule has 29 heavy (non-hydrogen) atoms. The minimum absolute atomic E-state index is 0.200. The topological polar surface area (TPSA) is 66.5 Å². The molecule has 1 fully saturated rings. The fourth-order valence-corrected chi connectivity index (χ4v) is 5.71. The number of nitrogens with one attached hydrogen (secondary N) is 1. The Morgan fingerprint density at radius 1 is 0.966 bits per heavy atom. The Balaban J connectivity index is 1.53. The highest BCUT2D eigenvalue weighted by Crippen LogP contribution is 2.21. The normalized spacial score (nSPS) is 15.6. The van der Waals surface area contributed by atoms with E-state index in [1.165, 1.54) is 11.6 Å². The number of rotatable bonds is 8. The lowest BCUT2D eigenvalue weighted by Crippen LogP contribution is -2.32. The molecule has 0 aliphatic carbocycles. The van der Waals surface area contributed by atoms with Gasteiger partial charge in [-0.1, -0.05) is 49.2 Å². The number of hydrogen-bond acceptors (Lipinski definition) is 4. The zero-order valence-electron chi connectivity index (χ0n) is 16.5. The van der Waals surface area contributed by atoms with Crippen LogP contribution in [-0.2, 0) is 15.8 Å². The Kier molecular flexibility index (Phi) is 8.15. The van der Waals surface area contributed by atoms with Crippen LogP contribution in [0.25, 0.3) is 0 Å². The van der Waals surface area contributed by atoms with Gasteiger partial charge in [0.05, 0.1) is 4.90 Å². The predicted molar refractivity (Wildman–Crippen MR) is 119 cm³/mol. The van der Waals surface area contributed by atoms with Crippen molar-refractivity contribution in [3.8, 4) is 0 Å². The van der Waals surface area contributed by atoms with Crippen LogP contribution >= 0.6 is 11.8 Å². The molecule has 5 nitrogen and oxygen atoms in total. The Labute approximate surface area is 177 Å². The van der Waals surface area contributed by atoms with Crippen LogP contribution in [0.2, 0.25) is 0 Å². The zero-order valence-corrected chi connectivity index (χ0v) is 18.2. The molecule has 1 aliphatic rings. The van der Waals surface area contributed by atoms with Crippen molar-refractivity contribution in [2.45, 2.75) is 36.3 Å². The van der Waals surface area contributed by atoms with Gasteiger partial charge in [0, 0.05) is 36.7 Å². The van der Waals surface area contributed by atoms with Crippen LogP contribution in [0.1, 0.15) is 41.6 Å². The van der Waals surface area contributed by atoms with Crippen molar-refractivity contribution >= 4 is 27.7 Å². The van der Waals surface area contributed by atoms with Gasteiger partial charge in [-0.05, 0) is 36.6 Å². The number of nitrogens with zero attached hydrogens (tertiary/aromatic N) is 1. The average Bonchev–Trinajstić information content (AvgIpc) is 3.04. The summed E-state index contributed by atoms with van der Waals surface area (Å²) in [5.41, 5.74) is 1.64. The van der Waals surface area contributed by atoms with Gasteiger partial charge >= 0.3 is 0 Å². The zero-order chi connectivity index (χ0) is 20.5. The molecule has 0 aromatic heterocycles. The molecule has 0 saturated carbocycles. The minimum Gasteiger partial charge on any atom is -0.351 e. The second kappa shape index (κ2) is 10.8. The average molecular weight is 433 g/mol. The number of amides is 1. The van der Waals surface area contributed by atoms with Gasteiger partial charge in [-0.3, -0.25) is 4.79 Å². The van der Waals surface area contributed by atoms with Gasteiger partial charge in [0.2, 0.25) is 10.0 Å². The summed E-state index contributed by atoms with van der Waals surface area (Å²) in [6.45, 7) is 1.65. The van der Waals surface area contributed by atoms with E-state index in [4.69, 9.17) is 0 Å². The molecule has 0 bridgehead atoms. The largest absolute Gasteiger partial charge is 0.351 e. The lowest BCUT2D eigenvalue weighted by atomic mass is 10.2. The molecule has 156 valence electrons. The third-order valence-corrected chi connectivity index (χ3v) is 7.87. The molecule has 3 rings (SSSR count). The lowest BCUT2D eigenvalue weighted by Gasteiger charge is -2.20. The molecule has 1 saturated heterocycles. The number of benzene rings is 2. The van der Waals surface area contributed by atoms with E-state index in [1.54, 1.807) is 34.3 Å². The van der Waals surface area contributed by atoms with Crippen molar-refractivity contribution < 1.29 is 13.2 Å². The van der Waals surface area contributed by atoms with Crippen LogP contribution in [0.15, 0.2) is 59.5 Å². The highest BCUT2D eigenvalue weighted by atomic mass is 32.2. The summed E-state index contributed by atoms with van der Waals surface area (Å²) in [5, 5.41) is 2.89. The highest BCUT2D eigenvalue weighted by Gasteiger charge is 2.25. The number of hydrogen-bond donors (Lipinski definition) is 1. The van der Waals surface area contributed by atoms with E-state index >= 15 is 0 Å². The number of carbonyl (C=O) groups is 1. The van der Waals surface area contributed by atoms with E-state index in [9.17, 15) is 13.2 Å². The summed E-state index contributed by atoms with van der Waals surface area (Å²) < 4.78 is 27.4. The Hall–Kier alpha value is -1.83. The molecule has 0 radical (unpaired) electrons. The van der Waals surface area contributed by atoms with E-state index in [2.05, 4.69) is 17.4 Å². The van der Waals surface area contributed by atoms with E-state index in [-0.39, 0.29) is 10.8 Å². The first-order valence-corrected chi connectivity index (χ1v) is 12.7. The molecule has 0 spiro atoms. The molecule has 1 N–H and O–H groups in total. The van der Waals surface area contributed by atoms with Gasteiger partial charge in [0.25, 0.3) is 5.91 Å². The van der Waals surface area contributed by atoms with Gasteiger partial charge in [-0.25, -0.2) is 8.42 Å². The van der Waals surface area contributed by atoms with Crippen LogP contribution < -0.4 is 5.32 Å². The standard InChI is InChI=1S/C22H28N2O3S2/c25-22(23-13-16-28-18-19-9-4-3-5-10-19)20-11-8-12-21(17-20)29(26,27)24-14-6-1-2-7-15-24/h3-5,8-12,17H,1-2,6-7,13-16,18H2,(H,23,25). The maximum absolute atomic E-state index is 12.9. The maximum atomic E-state index is 12.9. The summed E-state index contributed by atoms with van der Waals surface area (Å²) in [6, 6.07) is 16.6. The van der Waals surface area contributed by atoms with Crippen molar-refractivity contribution in [1.82, 2.24) is 9.62 Å². The number of thioether (sulfide) groups is 1. The SMILES string of the molecule is O=C(NCCSCc1ccccc1)c1cccc(S(=O)(=O)N2CCCCCC2)c1. The maximum Gasteiger partial charge on any atom is 0.251 e. The van der Waals surface area contributed by atoms with E-state index in [1.807, 2.05) is 18.2 Å². The van der Waals surface area contributed by atoms with E-state index in [0.717, 1.165) is 37.2 Å². The van der Waals surface area contributed by atoms with Crippen molar-refractivity contribution in [3.63, 3.8) is 0 Å². The molecule has 7 heteroatoms. The first-order chi connectivity index (χ1) is 14.1. The summed E-state index contributed by atoms with van der Waals surface area (Å²) in [5.74, 6) is 1.46. The second-order valence-electron chi connectivity index (χ2n) is 7.14. The van der Waals surface area contributed by atoms with Crippen LogP contribution in [0.3, 0.4) is 0 Å². The van der Waals surface area contributed by atoms with Crippen molar-refractivity contribution in [2.75, 3.05) is 25.4 Å². The minimum atomic E-state index is -3.55. The fourth-order valence-electron chi connectivity index (χ4n) is 3.33. The van der Waals surface area contributed by atoms with Crippen LogP contribution in [0, 0.1) is 0 Å². The van der Waals surface area contributed by atoms with Gasteiger partial charge in [0.1, 0.15) is 0 Å². The molecule has 1 amide bonds. The van der Waals surface area contributed by atoms with Gasteiger partial charge in [0.15, 0.2) is 0 Å². The Morgan fingerprint density at radius 2 is 1.69 bits per heavy atom. The van der Waals surface area contributed by atoms with Gasteiger partial charge in [-0.2, -0.15) is 16.1 Å². The van der Waals surface area contributed by atoms with E-state index < -0.39 is 10.0 Å². The van der Waals surface area contributed by atoms with Crippen molar-refractivity contribution in [1.29, 1.82) is 0 Å². The molecular formula is C22H28N2O3S2. The summed E-state index contributed by atoms with van der Waals surface area (Å²) in [7, 11) is -3.55. The highest BCUT2D eigenvalue weighted by molar-refractivity contribution is 7.98. The summed E-state index contributed by atoms with van der Waals surface area (Å²) in [6.07, 6.45) is 3.91. The lowest BCUT2D eigenvalue weighted by molar-refractivity contribution is 0.0956. The predicted octanol–water partition coefficient (Wildman–Crippen LogP) is 3.91. The second-order valence-corrected chi connectivity index (χ2v) is 10.2. The monoisotopic (exact) mass is 432 g/mol. The van der Waals surface area contributed by atoms with Crippen molar-refractivity contribution in [2.24, 2.45) is 0 Å². The van der Waals surface area contributed by atoms with E-state index in [0.29, 0.717) is 25.2 Å². The molecule has 1 aliphatic heterocycles. The third kappa shape index (κ3) is 6.32. The first kappa shape index (κ1) is 21.9. The molecule has 2 aromatic rings. The summed E-state index contributed by atoms with van der Waals surface area (Å²) in [4.78, 5) is 12.7. The molecule has 0 unspecified atom stereocenters. The number of carbonyl (C=O) groups excluding carboxylic acids is 1. The van der Waals surface area contributed by atoms with Gasteiger partial charge < -0.3 is 5.32 Å². The molecule has 1 heterocycles. The smallest absolute Gasteiger partial charge is 0.251 e. The Bertz CT molecular complexity index is 893. The van der Waals surface area contributed by atoms with Crippen molar-refractivity contribution in [3.05, 3.63) is 65.7 Å². The number of sulfonamides is 1. The van der Waals surface area contributed by atoms with Crippen LogP contribution in [0.5, 0.6) is 0 Å². The third-order valence-electron chi connectivity index (χ3n) is 4.94. The van der Waals surface area contributed by atoms with Gasteiger partial charge in [-0.15, -0.1) is 0 Å². The quantitative estimate of drug-likeness (QED) is 0.642. The van der Waals surface area contributed by atoms with Crippen LogP contribution in [-0.4, -0.2) is 44.0 Å². The Morgan fingerprint density at radius 3 is 2.41 bits per heavy atom. The van der Waals surface area contributed by atoms with Crippen LogP contribution in [0.4, 0.5) is 0 Å². The first-order valence-electron chi connectivity index (χ1n) is 10.1. The fraction of sp³-hybridized carbons (Fsp3) is 0.409. The molecular weight excluding hydrogens is 404 g/mol. The molecule has 0 atom stereocenters.